The highest BCUT2D eigenvalue weighted by molar-refractivity contribution is 7.14. The van der Waals surface area contributed by atoms with Gasteiger partial charge in [-0.3, -0.25) is 14.9 Å². The van der Waals surface area contributed by atoms with Gasteiger partial charge in [0.15, 0.2) is 10.8 Å². The van der Waals surface area contributed by atoms with Gasteiger partial charge in [-0.25, -0.2) is 19.4 Å². The summed E-state index contributed by atoms with van der Waals surface area (Å²) in [5, 5.41) is 33.5. The molecule has 1 saturated carbocycles. The zero-order valence-electron chi connectivity index (χ0n) is 25.5. The molecule has 45 heavy (non-hydrogen) atoms. The number of anilines is 1. The summed E-state index contributed by atoms with van der Waals surface area (Å²) < 4.78 is 10.4. The SMILES string of the molecule is CC(C)(C)OC(=O)NCc1cnn(C[C@H]2NC(=O)[C@H]2NC(=O)C(=NOC2(C(=O)O)CC2)c2csc(NC(=O)OC(C)(C)C)n2)n1. The molecule has 4 rings (SSSR count). The second-order valence-electron chi connectivity index (χ2n) is 12.3. The summed E-state index contributed by atoms with van der Waals surface area (Å²) in [5.74, 6) is -2.59. The summed E-state index contributed by atoms with van der Waals surface area (Å²) >= 11 is 0.968. The molecule has 1 aliphatic heterocycles. The lowest BCUT2D eigenvalue weighted by atomic mass is 9.98. The Hall–Kier alpha value is -4.81. The van der Waals surface area contributed by atoms with Crippen LogP contribution in [-0.4, -0.2) is 89.7 Å². The molecule has 0 bridgehead atoms. The van der Waals surface area contributed by atoms with E-state index in [0.717, 1.165) is 11.3 Å². The molecule has 2 fully saturated rings. The van der Waals surface area contributed by atoms with Crippen molar-refractivity contribution in [1.29, 1.82) is 0 Å². The number of aromatic nitrogens is 4. The van der Waals surface area contributed by atoms with Gasteiger partial charge in [0.2, 0.25) is 11.5 Å². The van der Waals surface area contributed by atoms with E-state index in [9.17, 15) is 29.1 Å². The van der Waals surface area contributed by atoms with Crippen molar-refractivity contribution in [3.63, 3.8) is 0 Å². The number of hydrogen-bond donors (Lipinski definition) is 5. The van der Waals surface area contributed by atoms with E-state index in [2.05, 4.69) is 41.6 Å². The van der Waals surface area contributed by atoms with Crippen LogP contribution in [0.2, 0.25) is 0 Å². The Morgan fingerprint density at radius 2 is 1.80 bits per heavy atom. The topological polar surface area (TPSA) is 237 Å². The average Bonchev–Trinajstić information content (AvgIpc) is 3.34. The van der Waals surface area contributed by atoms with Crippen LogP contribution in [0.1, 0.15) is 65.8 Å². The molecule has 2 aromatic rings. The van der Waals surface area contributed by atoms with Crippen molar-refractivity contribution in [3.05, 3.63) is 23.0 Å². The molecule has 2 aliphatic rings. The molecule has 1 saturated heterocycles. The van der Waals surface area contributed by atoms with Gasteiger partial charge >= 0.3 is 18.2 Å². The molecule has 0 radical (unpaired) electrons. The van der Waals surface area contributed by atoms with Crippen molar-refractivity contribution in [1.82, 2.24) is 35.9 Å². The number of nitrogens with zero attached hydrogens (tertiary/aromatic N) is 5. The van der Waals surface area contributed by atoms with Gasteiger partial charge in [-0.05, 0) is 41.5 Å². The second kappa shape index (κ2) is 12.7. The number of carboxylic acids is 1. The van der Waals surface area contributed by atoms with Crippen molar-refractivity contribution < 1.29 is 43.4 Å². The summed E-state index contributed by atoms with van der Waals surface area (Å²) in [5.41, 5.74) is -2.97. The van der Waals surface area contributed by atoms with Gasteiger partial charge in [0.25, 0.3) is 5.91 Å². The van der Waals surface area contributed by atoms with Crippen molar-refractivity contribution in [2.45, 2.75) is 96.4 Å². The molecule has 0 unspecified atom stereocenters. The Balaban J connectivity index is 1.42. The summed E-state index contributed by atoms with van der Waals surface area (Å²) in [4.78, 5) is 72.2. The fourth-order valence-electron chi connectivity index (χ4n) is 3.75. The number of nitrogens with one attached hydrogen (secondary N) is 4. The van der Waals surface area contributed by atoms with E-state index in [1.807, 2.05) is 0 Å². The maximum absolute atomic E-state index is 13.4. The molecule has 2 aromatic heterocycles. The Kier molecular flexibility index (Phi) is 9.31. The summed E-state index contributed by atoms with van der Waals surface area (Å²) in [6.45, 7) is 10.4. The Morgan fingerprint density at radius 1 is 1.13 bits per heavy atom. The van der Waals surface area contributed by atoms with Crippen LogP contribution in [0.5, 0.6) is 0 Å². The number of β-lactam (4-membered cyclic amide) rings is 1. The number of carboxylic acid groups (broad SMARTS) is 1. The van der Waals surface area contributed by atoms with Crippen LogP contribution in [-0.2, 0) is 41.8 Å². The Labute approximate surface area is 261 Å². The zero-order valence-corrected chi connectivity index (χ0v) is 26.3. The van der Waals surface area contributed by atoms with Crippen LogP contribution >= 0.6 is 11.3 Å². The van der Waals surface area contributed by atoms with Crippen LogP contribution in [0.4, 0.5) is 14.7 Å². The smallest absolute Gasteiger partial charge is 0.413 e. The van der Waals surface area contributed by atoms with Gasteiger partial charge in [0.1, 0.15) is 28.6 Å². The predicted octanol–water partition coefficient (Wildman–Crippen LogP) is 1.13. The molecular weight excluding hydrogens is 614 g/mol. The minimum Gasteiger partial charge on any atom is -0.478 e. The highest BCUT2D eigenvalue weighted by Crippen LogP contribution is 2.40. The van der Waals surface area contributed by atoms with E-state index >= 15 is 0 Å². The molecule has 244 valence electrons. The average molecular weight is 650 g/mol. The second-order valence-corrected chi connectivity index (χ2v) is 13.2. The number of alkyl carbamates (subject to hydrolysis) is 1. The molecule has 1 aliphatic carbocycles. The summed E-state index contributed by atoms with van der Waals surface area (Å²) in [7, 11) is 0. The number of hydrogen-bond acceptors (Lipinski definition) is 13. The fraction of sp³-hybridized carbons (Fsp3) is 0.577. The number of carbonyl (C=O) groups is 5. The normalized spacial score (nSPS) is 19.0. The number of ether oxygens (including phenoxy) is 2. The summed E-state index contributed by atoms with van der Waals surface area (Å²) in [6.07, 6.45) is 0.451. The van der Waals surface area contributed by atoms with Crippen LogP contribution in [0.25, 0.3) is 0 Å². The first-order valence-corrected chi connectivity index (χ1v) is 14.7. The third-order valence-corrected chi connectivity index (χ3v) is 6.79. The number of oxime groups is 1. The van der Waals surface area contributed by atoms with Crippen LogP contribution in [0.15, 0.2) is 16.7 Å². The third kappa shape index (κ3) is 9.10. The third-order valence-electron chi connectivity index (χ3n) is 6.03. The predicted molar refractivity (Wildman–Crippen MR) is 156 cm³/mol. The number of rotatable bonds is 11. The lowest BCUT2D eigenvalue weighted by molar-refractivity contribution is -0.153. The Morgan fingerprint density at radius 3 is 2.40 bits per heavy atom. The highest BCUT2D eigenvalue weighted by atomic mass is 32.1. The first-order valence-electron chi connectivity index (χ1n) is 13.9. The molecule has 2 atom stereocenters. The van der Waals surface area contributed by atoms with Gasteiger partial charge in [-0.15, -0.1) is 11.3 Å². The first kappa shape index (κ1) is 33.1. The van der Waals surface area contributed by atoms with Crippen LogP contribution in [0.3, 0.4) is 0 Å². The van der Waals surface area contributed by atoms with Gasteiger partial charge in [0, 0.05) is 18.2 Å². The number of amides is 4. The van der Waals surface area contributed by atoms with E-state index in [1.54, 1.807) is 41.5 Å². The first-order chi connectivity index (χ1) is 20.9. The lowest BCUT2D eigenvalue weighted by Gasteiger charge is -2.36. The minimum atomic E-state index is -1.56. The molecular formula is C26H35N9O9S. The minimum absolute atomic E-state index is 0.0306. The zero-order chi connectivity index (χ0) is 33.2. The molecule has 4 amide bonds. The lowest BCUT2D eigenvalue weighted by Crippen LogP contribution is -2.70. The molecule has 0 spiro atoms. The summed E-state index contributed by atoms with van der Waals surface area (Å²) in [6, 6.07) is -1.64. The molecule has 18 nitrogen and oxygen atoms in total. The molecule has 3 heterocycles. The standard InChI is InChI=1S/C26H35N9O9S/c1-24(2,3)42-22(40)27-9-13-10-28-35(33-13)11-14-16(18(36)29-14)31-19(37)17(34-44-26(7-8-26)20(38)39)15-12-45-21(30-15)32-23(41)43-25(4,5)6/h10,12,14,16H,7-9,11H2,1-6H3,(H,27,40)(H,29,36)(H,31,37)(H,38,39)(H,30,32,41)/t14-,16+/m1/s1. The van der Waals surface area contributed by atoms with Gasteiger partial charge in [0.05, 0.1) is 25.3 Å². The number of carbonyl (C=O) groups excluding carboxylic acids is 4. The van der Waals surface area contributed by atoms with Gasteiger partial charge in [-0.1, -0.05) is 5.16 Å². The maximum atomic E-state index is 13.4. The number of thiazole rings is 1. The van der Waals surface area contributed by atoms with E-state index < -0.39 is 64.6 Å². The van der Waals surface area contributed by atoms with E-state index in [0.29, 0.717) is 5.69 Å². The molecule has 0 aromatic carbocycles. The molecule has 19 heteroatoms. The van der Waals surface area contributed by atoms with E-state index in [1.165, 1.54) is 16.4 Å². The van der Waals surface area contributed by atoms with Gasteiger partial charge in [-0.2, -0.15) is 15.0 Å². The van der Waals surface area contributed by atoms with Crippen molar-refractivity contribution in [2.24, 2.45) is 5.16 Å². The van der Waals surface area contributed by atoms with Gasteiger partial charge < -0.3 is 35.4 Å². The van der Waals surface area contributed by atoms with Crippen molar-refractivity contribution >= 4 is 52.2 Å². The fourth-order valence-corrected chi connectivity index (χ4v) is 4.43. The largest absolute Gasteiger partial charge is 0.478 e. The monoisotopic (exact) mass is 649 g/mol. The maximum Gasteiger partial charge on any atom is 0.413 e. The Bertz CT molecular complexity index is 1500. The quantitative estimate of drug-likeness (QED) is 0.131. The van der Waals surface area contributed by atoms with E-state index in [-0.39, 0.29) is 36.8 Å². The van der Waals surface area contributed by atoms with E-state index in [4.69, 9.17) is 14.3 Å². The highest BCUT2D eigenvalue weighted by Gasteiger charge is 2.55. The van der Waals surface area contributed by atoms with Crippen LogP contribution in [0, 0.1) is 0 Å². The number of aliphatic carboxylic acids is 1. The molecule has 5 N–H and O–H groups in total. The van der Waals surface area contributed by atoms with Crippen molar-refractivity contribution in [3.8, 4) is 0 Å². The van der Waals surface area contributed by atoms with Crippen LogP contribution < -0.4 is 21.3 Å². The van der Waals surface area contributed by atoms with Crippen molar-refractivity contribution in [2.75, 3.05) is 5.32 Å².